The molecule has 1 amide bonds. The van der Waals surface area contributed by atoms with Crippen molar-refractivity contribution < 1.29 is 19.8 Å². The van der Waals surface area contributed by atoms with Crippen molar-refractivity contribution in [1.82, 2.24) is 5.32 Å². The number of aliphatic carboxylic acids is 1. The SMILES string of the molecule is O=C(O)CCCNC(=O)CSCCCO. The quantitative estimate of drug-likeness (QED) is 0.493. The molecule has 0 aromatic rings. The minimum Gasteiger partial charge on any atom is -0.481 e. The summed E-state index contributed by atoms with van der Waals surface area (Å²) in [7, 11) is 0. The van der Waals surface area contributed by atoms with Gasteiger partial charge >= 0.3 is 5.97 Å². The molecule has 0 aliphatic rings. The molecule has 88 valence electrons. The van der Waals surface area contributed by atoms with Crippen LogP contribution in [0, 0.1) is 0 Å². The van der Waals surface area contributed by atoms with Crippen LogP contribution in [-0.2, 0) is 9.59 Å². The first-order chi connectivity index (χ1) is 7.16. The highest BCUT2D eigenvalue weighted by molar-refractivity contribution is 7.99. The van der Waals surface area contributed by atoms with Gasteiger partial charge in [0.05, 0.1) is 5.75 Å². The second-order valence-corrected chi connectivity index (χ2v) is 4.08. The predicted octanol–water partition coefficient (Wildman–Crippen LogP) is 0.0830. The molecule has 0 radical (unpaired) electrons. The minimum atomic E-state index is -0.846. The number of carbonyl (C=O) groups excluding carboxylic acids is 1. The summed E-state index contributed by atoms with van der Waals surface area (Å²) < 4.78 is 0. The van der Waals surface area contributed by atoms with Gasteiger partial charge in [-0.05, 0) is 18.6 Å². The maximum absolute atomic E-state index is 11.1. The van der Waals surface area contributed by atoms with Gasteiger partial charge in [-0.25, -0.2) is 0 Å². The zero-order valence-electron chi connectivity index (χ0n) is 8.57. The van der Waals surface area contributed by atoms with Crippen molar-refractivity contribution in [2.75, 3.05) is 24.7 Å². The molecule has 0 aliphatic heterocycles. The van der Waals surface area contributed by atoms with Crippen molar-refractivity contribution in [2.45, 2.75) is 19.3 Å². The highest BCUT2D eigenvalue weighted by Crippen LogP contribution is 2.00. The molecule has 0 bridgehead atoms. The first kappa shape index (κ1) is 14.2. The van der Waals surface area contributed by atoms with Crippen molar-refractivity contribution in [3.63, 3.8) is 0 Å². The van der Waals surface area contributed by atoms with E-state index in [2.05, 4.69) is 5.32 Å². The molecule has 0 saturated heterocycles. The number of hydrogen-bond acceptors (Lipinski definition) is 4. The van der Waals surface area contributed by atoms with Crippen LogP contribution in [-0.4, -0.2) is 46.7 Å². The Morgan fingerprint density at radius 2 is 2.00 bits per heavy atom. The molecule has 0 aromatic heterocycles. The van der Waals surface area contributed by atoms with Gasteiger partial charge in [-0.1, -0.05) is 0 Å². The Morgan fingerprint density at radius 1 is 1.27 bits per heavy atom. The van der Waals surface area contributed by atoms with Crippen LogP contribution >= 0.6 is 11.8 Å². The molecule has 0 heterocycles. The first-order valence-corrected chi connectivity index (χ1v) is 5.99. The molecular weight excluding hydrogens is 218 g/mol. The molecule has 0 aliphatic carbocycles. The summed E-state index contributed by atoms with van der Waals surface area (Å²) >= 11 is 1.46. The normalized spacial score (nSPS) is 9.93. The van der Waals surface area contributed by atoms with Crippen molar-refractivity contribution in [1.29, 1.82) is 0 Å². The van der Waals surface area contributed by atoms with Crippen LogP contribution in [0.25, 0.3) is 0 Å². The number of nitrogens with one attached hydrogen (secondary N) is 1. The summed E-state index contributed by atoms with van der Waals surface area (Å²) in [5.74, 6) is 0.205. The molecule has 15 heavy (non-hydrogen) atoms. The van der Waals surface area contributed by atoms with Crippen LogP contribution < -0.4 is 5.32 Å². The van der Waals surface area contributed by atoms with Crippen LogP contribution in [0.4, 0.5) is 0 Å². The van der Waals surface area contributed by atoms with E-state index in [0.29, 0.717) is 25.1 Å². The Morgan fingerprint density at radius 3 is 2.60 bits per heavy atom. The maximum atomic E-state index is 11.1. The van der Waals surface area contributed by atoms with Gasteiger partial charge < -0.3 is 15.5 Å². The van der Waals surface area contributed by atoms with Gasteiger partial charge in [-0.2, -0.15) is 11.8 Å². The third-order valence-electron chi connectivity index (χ3n) is 1.57. The van der Waals surface area contributed by atoms with Crippen molar-refractivity contribution in [2.24, 2.45) is 0 Å². The second-order valence-electron chi connectivity index (χ2n) is 2.98. The van der Waals surface area contributed by atoms with E-state index in [4.69, 9.17) is 10.2 Å². The van der Waals surface area contributed by atoms with E-state index in [1.807, 2.05) is 0 Å². The van der Waals surface area contributed by atoms with Crippen LogP contribution in [0.3, 0.4) is 0 Å². The van der Waals surface area contributed by atoms with Crippen molar-refractivity contribution in [3.8, 4) is 0 Å². The number of carboxylic acid groups (broad SMARTS) is 1. The third kappa shape index (κ3) is 11.2. The fourth-order valence-electron chi connectivity index (χ4n) is 0.850. The summed E-state index contributed by atoms with van der Waals surface area (Å²) in [4.78, 5) is 21.3. The zero-order chi connectivity index (χ0) is 11.5. The maximum Gasteiger partial charge on any atom is 0.303 e. The Kier molecular flexibility index (Phi) is 9.30. The Balaban J connectivity index is 3.22. The van der Waals surface area contributed by atoms with E-state index in [-0.39, 0.29) is 18.9 Å². The molecule has 5 nitrogen and oxygen atoms in total. The summed E-state index contributed by atoms with van der Waals surface area (Å²) in [6.45, 7) is 0.554. The number of carbonyl (C=O) groups is 2. The molecule has 0 atom stereocenters. The molecule has 0 fully saturated rings. The van der Waals surface area contributed by atoms with E-state index in [0.717, 1.165) is 5.75 Å². The van der Waals surface area contributed by atoms with Gasteiger partial charge in [0.25, 0.3) is 0 Å². The van der Waals surface area contributed by atoms with Crippen molar-refractivity contribution >= 4 is 23.6 Å². The fraction of sp³-hybridized carbons (Fsp3) is 0.778. The Bertz CT molecular complexity index is 199. The predicted molar refractivity (Wildman–Crippen MR) is 58.9 cm³/mol. The number of aliphatic hydroxyl groups excluding tert-OH is 1. The molecule has 3 N–H and O–H groups in total. The summed E-state index contributed by atoms with van der Waals surface area (Å²) in [5, 5.41) is 19.5. The lowest BCUT2D eigenvalue weighted by atomic mass is 10.3. The Hall–Kier alpha value is -0.750. The van der Waals surface area contributed by atoms with E-state index >= 15 is 0 Å². The summed E-state index contributed by atoms with van der Waals surface area (Å²) in [6, 6.07) is 0. The standard InChI is InChI=1S/C9H17NO4S/c11-5-2-6-15-7-8(12)10-4-1-3-9(13)14/h11H,1-7H2,(H,10,12)(H,13,14). The molecule has 0 aromatic carbocycles. The third-order valence-corrected chi connectivity index (χ3v) is 2.61. The van der Waals surface area contributed by atoms with E-state index < -0.39 is 5.97 Å². The summed E-state index contributed by atoms with van der Waals surface area (Å²) in [5.41, 5.74) is 0. The van der Waals surface area contributed by atoms with Crippen molar-refractivity contribution in [3.05, 3.63) is 0 Å². The molecule has 0 rings (SSSR count). The average molecular weight is 235 g/mol. The monoisotopic (exact) mass is 235 g/mol. The molecule has 6 heteroatoms. The fourth-order valence-corrected chi connectivity index (χ4v) is 1.61. The smallest absolute Gasteiger partial charge is 0.303 e. The van der Waals surface area contributed by atoms with Gasteiger partial charge in [0, 0.05) is 19.6 Å². The molecular formula is C9H17NO4S. The zero-order valence-corrected chi connectivity index (χ0v) is 9.39. The topological polar surface area (TPSA) is 86.6 Å². The number of aliphatic hydroxyl groups is 1. The van der Waals surface area contributed by atoms with Gasteiger partial charge in [-0.3, -0.25) is 9.59 Å². The van der Waals surface area contributed by atoms with Gasteiger partial charge in [0.1, 0.15) is 0 Å². The van der Waals surface area contributed by atoms with E-state index in [1.165, 1.54) is 11.8 Å². The number of carboxylic acids is 1. The van der Waals surface area contributed by atoms with Crippen LogP contribution in [0.1, 0.15) is 19.3 Å². The lowest BCUT2D eigenvalue weighted by molar-refractivity contribution is -0.137. The Labute approximate surface area is 93.2 Å². The summed E-state index contributed by atoms with van der Waals surface area (Å²) in [6.07, 6.45) is 1.23. The van der Waals surface area contributed by atoms with Crippen LogP contribution in [0.15, 0.2) is 0 Å². The van der Waals surface area contributed by atoms with Crippen LogP contribution in [0.2, 0.25) is 0 Å². The number of rotatable bonds is 9. The molecule has 0 spiro atoms. The van der Waals surface area contributed by atoms with Gasteiger partial charge in [-0.15, -0.1) is 0 Å². The molecule has 0 saturated carbocycles. The van der Waals surface area contributed by atoms with Crippen LogP contribution in [0.5, 0.6) is 0 Å². The minimum absolute atomic E-state index is 0.0803. The largest absolute Gasteiger partial charge is 0.481 e. The number of amides is 1. The second kappa shape index (κ2) is 9.79. The van der Waals surface area contributed by atoms with Gasteiger partial charge in [0.15, 0.2) is 0 Å². The van der Waals surface area contributed by atoms with E-state index in [9.17, 15) is 9.59 Å². The highest BCUT2D eigenvalue weighted by Gasteiger charge is 2.01. The lowest BCUT2D eigenvalue weighted by Crippen LogP contribution is -2.26. The highest BCUT2D eigenvalue weighted by atomic mass is 32.2. The number of thioether (sulfide) groups is 1. The molecule has 0 unspecified atom stereocenters. The number of hydrogen-bond donors (Lipinski definition) is 3. The lowest BCUT2D eigenvalue weighted by Gasteiger charge is -2.03. The van der Waals surface area contributed by atoms with E-state index in [1.54, 1.807) is 0 Å². The average Bonchev–Trinajstić information content (AvgIpc) is 2.19. The van der Waals surface area contributed by atoms with Gasteiger partial charge in [0.2, 0.25) is 5.91 Å². The first-order valence-electron chi connectivity index (χ1n) is 4.84.